The van der Waals surface area contributed by atoms with Crippen molar-refractivity contribution in [3.8, 4) is 0 Å². The first-order valence-corrected chi connectivity index (χ1v) is 7.12. The van der Waals surface area contributed by atoms with Crippen LogP contribution in [0.4, 0.5) is 0 Å². The number of nitrogens with one attached hydrogen (secondary N) is 1. The molecule has 0 aromatic rings. The molecule has 17 heavy (non-hydrogen) atoms. The Morgan fingerprint density at radius 2 is 1.94 bits per heavy atom. The van der Waals surface area contributed by atoms with Crippen LogP contribution in [-0.2, 0) is 0 Å². The van der Waals surface area contributed by atoms with Crippen LogP contribution < -0.4 is 5.32 Å². The molecule has 0 rings (SSSR count). The zero-order chi connectivity index (χ0) is 13.3. The monoisotopic (exact) mass is 244 g/mol. The number of rotatable bonds is 10. The summed E-state index contributed by atoms with van der Waals surface area (Å²) in [7, 11) is 0. The molecule has 104 valence electrons. The highest BCUT2D eigenvalue weighted by Crippen LogP contribution is 2.13. The van der Waals surface area contributed by atoms with Gasteiger partial charge < -0.3 is 15.3 Å². The Kier molecular flexibility index (Phi) is 8.83. The van der Waals surface area contributed by atoms with Crippen molar-refractivity contribution in [2.24, 2.45) is 0 Å². The fraction of sp³-hybridized carbons (Fsp3) is 1.00. The van der Waals surface area contributed by atoms with Gasteiger partial charge in [-0.05, 0) is 52.7 Å². The first-order chi connectivity index (χ1) is 8.02. The molecule has 0 fully saturated rings. The normalized spacial score (nSPS) is 17.1. The maximum Gasteiger partial charge on any atom is 0.0610 e. The van der Waals surface area contributed by atoms with E-state index in [0.29, 0.717) is 6.04 Å². The third-order valence-corrected chi connectivity index (χ3v) is 3.75. The predicted molar refractivity (Wildman–Crippen MR) is 75.4 cm³/mol. The van der Waals surface area contributed by atoms with Crippen LogP contribution >= 0.6 is 0 Å². The highest BCUT2D eigenvalue weighted by molar-refractivity contribution is 4.82. The van der Waals surface area contributed by atoms with Gasteiger partial charge in [-0.2, -0.15) is 0 Å². The summed E-state index contributed by atoms with van der Waals surface area (Å²) >= 11 is 0. The lowest BCUT2D eigenvalue weighted by Crippen LogP contribution is -2.46. The molecule has 0 bridgehead atoms. The summed E-state index contributed by atoms with van der Waals surface area (Å²) in [6.45, 7) is 14.3. The number of hydrogen-bond acceptors (Lipinski definition) is 3. The Balaban J connectivity index is 4.01. The van der Waals surface area contributed by atoms with Crippen LogP contribution in [0.1, 0.15) is 53.9 Å². The SMILES string of the molecule is CCNC(C)(CO)CCCN(CC)C(C)CC. The minimum atomic E-state index is -0.108. The second-order valence-electron chi connectivity index (χ2n) is 5.24. The quantitative estimate of drug-likeness (QED) is 0.619. The molecule has 0 amide bonds. The van der Waals surface area contributed by atoms with Crippen molar-refractivity contribution in [2.45, 2.75) is 65.5 Å². The number of likely N-dealkylation sites (N-methyl/N-ethyl adjacent to an activating group) is 1. The topological polar surface area (TPSA) is 35.5 Å². The zero-order valence-corrected chi connectivity index (χ0v) is 12.4. The third kappa shape index (κ3) is 6.39. The smallest absolute Gasteiger partial charge is 0.0610 e. The van der Waals surface area contributed by atoms with Crippen LogP contribution in [0.2, 0.25) is 0 Å². The van der Waals surface area contributed by atoms with Crippen LogP contribution in [0.5, 0.6) is 0 Å². The van der Waals surface area contributed by atoms with E-state index in [-0.39, 0.29) is 12.1 Å². The van der Waals surface area contributed by atoms with Crippen molar-refractivity contribution in [2.75, 3.05) is 26.2 Å². The van der Waals surface area contributed by atoms with E-state index in [1.165, 1.54) is 6.42 Å². The molecule has 0 saturated heterocycles. The van der Waals surface area contributed by atoms with Gasteiger partial charge in [0, 0.05) is 11.6 Å². The second-order valence-corrected chi connectivity index (χ2v) is 5.24. The number of hydrogen-bond donors (Lipinski definition) is 2. The van der Waals surface area contributed by atoms with Crippen LogP contribution in [-0.4, -0.2) is 47.8 Å². The minimum Gasteiger partial charge on any atom is -0.394 e. The summed E-state index contributed by atoms with van der Waals surface area (Å²) in [6.07, 6.45) is 3.38. The fourth-order valence-electron chi connectivity index (χ4n) is 2.27. The molecule has 0 aromatic heterocycles. The van der Waals surface area contributed by atoms with Crippen molar-refractivity contribution in [3.05, 3.63) is 0 Å². The van der Waals surface area contributed by atoms with Crippen molar-refractivity contribution in [3.63, 3.8) is 0 Å². The molecule has 0 saturated carbocycles. The molecule has 0 aliphatic heterocycles. The van der Waals surface area contributed by atoms with E-state index in [1.54, 1.807) is 0 Å². The summed E-state index contributed by atoms with van der Waals surface area (Å²) in [5, 5.41) is 12.8. The maximum absolute atomic E-state index is 9.42. The molecule has 0 radical (unpaired) electrons. The average Bonchev–Trinajstić information content (AvgIpc) is 2.34. The van der Waals surface area contributed by atoms with Gasteiger partial charge in [-0.15, -0.1) is 0 Å². The summed E-state index contributed by atoms with van der Waals surface area (Å²) in [5.74, 6) is 0. The molecule has 2 atom stereocenters. The molecule has 3 heteroatoms. The van der Waals surface area contributed by atoms with E-state index in [9.17, 15) is 5.11 Å². The number of nitrogens with zero attached hydrogens (tertiary/aromatic N) is 1. The summed E-state index contributed by atoms with van der Waals surface area (Å²) < 4.78 is 0. The summed E-state index contributed by atoms with van der Waals surface area (Å²) in [6, 6.07) is 0.666. The molecule has 0 aromatic carbocycles. The van der Waals surface area contributed by atoms with Gasteiger partial charge in [0.2, 0.25) is 0 Å². The van der Waals surface area contributed by atoms with Gasteiger partial charge in [-0.1, -0.05) is 20.8 Å². The molecule has 0 aliphatic rings. The van der Waals surface area contributed by atoms with Gasteiger partial charge in [0.05, 0.1) is 6.61 Å². The molecule has 3 nitrogen and oxygen atoms in total. The first kappa shape index (κ1) is 16.9. The Morgan fingerprint density at radius 3 is 2.35 bits per heavy atom. The van der Waals surface area contributed by atoms with Crippen LogP contribution in [0.3, 0.4) is 0 Å². The average molecular weight is 244 g/mol. The van der Waals surface area contributed by atoms with Crippen LogP contribution in [0.15, 0.2) is 0 Å². The Morgan fingerprint density at radius 1 is 1.29 bits per heavy atom. The van der Waals surface area contributed by atoms with E-state index in [4.69, 9.17) is 0 Å². The van der Waals surface area contributed by atoms with Gasteiger partial charge in [-0.3, -0.25) is 0 Å². The van der Waals surface area contributed by atoms with Crippen LogP contribution in [0.25, 0.3) is 0 Å². The number of aliphatic hydroxyl groups excluding tert-OH is 1. The van der Waals surface area contributed by atoms with Crippen LogP contribution in [0, 0.1) is 0 Å². The van der Waals surface area contributed by atoms with Crippen molar-refractivity contribution in [1.82, 2.24) is 10.2 Å². The molecule has 2 unspecified atom stereocenters. The standard InChI is InChI=1S/C14H32N2O/c1-6-13(4)16(8-3)11-9-10-14(5,12-17)15-7-2/h13,15,17H,6-12H2,1-5H3. The lowest BCUT2D eigenvalue weighted by atomic mass is 9.96. The molecule has 0 spiro atoms. The Labute approximate surface area is 108 Å². The summed E-state index contributed by atoms with van der Waals surface area (Å²) in [5.41, 5.74) is -0.108. The molecular formula is C14H32N2O. The first-order valence-electron chi connectivity index (χ1n) is 7.12. The van der Waals surface area contributed by atoms with Gasteiger partial charge >= 0.3 is 0 Å². The third-order valence-electron chi connectivity index (χ3n) is 3.75. The predicted octanol–water partition coefficient (Wildman–Crippen LogP) is 2.25. The van der Waals surface area contributed by atoms with E-state index in [1.807, 2.05) is 0 Å². The van der Waals surface area contributed by atoms with Crippen molar-refractivity contribution in [1.29, 1.82) is 0 Å². The van der Waals surface area contributed by atoms with Crippen molar-refractivity contribution < 1.29 is 5.11 Å². The van der Waals surface area contributed by atoms with E-state index >= 15 is 0 Å². The van der Waals surface area contributed by atoms with Gasteiger partial charge in [0.1, 0.15) is 0 Å². The highest BCUT2D eigenvalue weighted by Gasteiger charge is 2.21. The zero-order valence-electron chi connectivity index (χ0n) is 12.4. The summed E-state index contributed by atoms with van der Waals surface area (Å²) in [4.78, 5) is 2.52. The second kappa shape index (κ2) is 8.90. The van der Waals surface area contributed by atoms with Gasteiger partial charge in [0.25, 0.3) is 0 Å². The largest absolute Gasteiger partial charge is 0.394 e. The minimum absolute atomic E-state index is 0.108. The maximum atomic E-state index is 9.42. The van der Waals surface area contributed by atoms with Crippen molar-refractivity contribution >= 4 is 0 Å². The van der Waals surface area contributed by atoms with Gasteiger partial charge in [0.15, 0.2) is 0 Å². The Bertz CT molecular complexity index is 187. The molecule has 0 aliphatic carbocycles. The lowest BCUT2D eigenvalue weighted by Gasteiger charge is -2.31. The molecule has 0 heterocycles. The van der Waals surface area contributed by atoms with Gasteiger partial charge in [-0.25, -0.2) is 0 Å². The fourth-order valence-corrected chi connectivity index (χ4v) is 2.27. The molecule has 2 N–H and O–H groups in total. The highest BCUT2D eigenvalue weighted by atomic mass is 16.3. The van der Waals surface area contributed by atoms with E-state index in [2.05, 4.69) is 44.8 Å². The molecular weight excluding hydrogens is 212 g/mol. The Hall–Kier alpha value is -0.120. The van der Waals surface area contributed by atoms with E-state index in [0.717, 1.165) is 32.5 Å². The lowest BCUT2D eigenvalue weighted by molar-refractivity contribution is 0.151. The number of aliphatic hydroxyl groups is 1. The van der Waals surface area contributed by atoms with E-state index < -0.39 is 0 Å².